The summed E-state index contributed by atoms with van der Waals surface area (Å²) in [6.45, 7) is 3.82. The van der Waals surface area contributed by atoms with Crippen molar-refractivity contribution in [2.24, 2.45) is 0 Å². The summed E-state index contributed by atoms with van der Waals surface area (Å²) in [4.78, 5) is 11.6. The first-order chi connectivity index (χ1) is 14.0. The van der Waals surface area contributed by atoms with Gasteiger partial charge in [0.1, 0.15) is 22.8 Å². The zero-order chi connectivity index (χ0) is 20.3. The molecule has 29 heavy (non-hydrogen) atoms. The fourth-order valence-corrected chi connectivity index (χ4v) is 3.92. The predicted octanol–water partition coefficient (Wildman–Crippen LogP) is 5.62. The van der Waals surface area contributed by atoms with E-state index >= 15 is 0 Å². The van der Waals surface area contributed by atoms with E-state index in [0.717, 1.165) is 0 Å². The average Bonchev–Trinajstić information content (AvgIpc) is 2.68. The van der Waals surface area contributed by atoms with Crippen molar-refractivity contribution in [3.8, 4) is 17.2 Å². The molecule has 0 amide bonds. The number of hydrogen-bond acceptors (Lipinski definition) is 6. The molecule has 0 bridgehead atoms. The minimum absolute atomic E-state index is 0.154. The Labute approximate surface area is 166 Å². The summed E-state index contributed by atoms with van der Waals surface area (Å²) in [5, 5.41) is 0.639. The normalized spacial score (nSPS) is 11.2. The van der Waals surface area contributed by atoms with Crippen molar-refractivity contribution >= 4 is 18.8 Å². The highest BCUT2D eigenvalue weighted by Gasteiger charge is 2.33. The number of rotatable bonds is 6. The molecule has 6 nitrogen and oxygen atoms in total. The Hall–Kier alpha value is -3.50. The van der Waals surface area contributed by atoms with Gasteiger partial charge in [-0.1, -0.05) is 36.4 Å². The monoisotopic (exact) mass is 407 g/mol. The molecule has 4 rings (SSSR count). The van der Waals surface area contributed by atoms with E-state index in [1.807, 2.05) is 0 Å². The molecule has 145 valence electrons. The number of benzene rings is 3. The lowest BCUT2D eigenvalue weighted by Gasteiger charge is -2.19. The van der Waals surface area contributed by atoms with Gasteiger partial charge in [0.15, 0.2) is 0 Å². The van der Waals surface area contributed by atoms with Gasteiger partial charge in [-0.25, -0.2) is 4.79 Å². The van der Waals surface area contributed by atoms with E-state index in [9.17, 15) is 9.36 Å². The molecule has 4 aromatic rings. The maximum Gasteiger partial charge on any atom is 0.647 e. The third-order valence-electron chi connectivity index (χ3n) is 3.94. The quantitative estimate of drug-likeness (QED) is 0.305. The summed E-state index contributed by atoms with van der Waals surface area (Å²) >= 11 is 0. The largest absolute Gasteiger partial charge is 0.647 e. The SMILES string of the molecule is [CH2]c1cc(=O)oc2cc(OP(=O)(Oc3ccccc3)Oc3ccccc3)ccc12. The lowest BCUT2D eigenvalue weighted by Crippen LogP contribution is -2.07. The molecular weight excluding hydrogens is 391 g/mol. The third kappa shape index (κ3) is 4.50. The summed E-state index contributed by atoms with van der Waals surface area (Å²) in [6.07, 6.45) is 0. The van der Waals surface area contributed by atoms with Crippen LogP contribution in [-0.4, -0.2) is 0 Å². The highest BCUT2D eigenvalue weighted by molar-refractivity contribution is 7.49. The second-order valence-electron chi connectivity index (χ2n) is 6.10. The fourth-order valence-electron chi connectivity index (χ4n) is 2.67. The predicted molar refractivity (Wildman–Crippen MR) is 109 cm³/mol. The first-order valence-electron chi connectivity index (χ1n) is 8.70. The summed E-state index contributed by atoms with van der Waals surface area (Å²) in [7, 11) is -4.12. The van der Waals surface area contributed by atoms with Gasteiger partial charge in [0.25, 0.3) is 0 Å². The van der Waals surface area contributed by atoms with Crippen LogP contribution >= 0.6 is 7.82 Å². The smallest absolute Gasteiger partial charge is 0.423 e. The fraction of sp³-hybridized carbons (Fsp3) is 0. The first-order valence-corrected chi connectivity index (χ1v) is 10.2. The molecule has 0 saturated carbocycles. The van der Waals surface area contributed by atoms with Crippen LogP contribution < -0.4 is 19.2 Å². The van der Waals surface area contributed by atoms with Crippen LogP contribution in [-0.2, 0) is 4.57 Å². The van der Waals surface area contributed by atoms with Gasteiger partial charge >= 0.3 is 13.4 Å². The van der Waals surface area contributed by atoms with Crippen LogP contribution in [0.2, 0.25) is 0 Å². The molecule has 3 aromatic carbocycles. The lowest BCUT2D eigenvalue weighted by atomic mass is 10.1. The molecule has 0 spiro atoms. The van der Waals surface area contributed by atoms with Gasteiger partial charge in [0.2, 0.25) is 0 Å². The number of fused-ring (bicyclic) bond motifs is 1. The molecule has 0 aliphatic rings. The van der Waals surface area contributed by atoms with Crippen molar-refractivity contribution in [2.45, 2.75) is 0 Å². The van der Waals surface area contributed by atoms with Gasteiger partial charge in [-0.15, -0.1) is 0 Å². The Morgan fingerprint density at radius 3 is 1.86 bits per heavy atom. The second kappa shape index (κ2) is 7.86. The molecule has 0 aliphatic heterocycles. The minimum Gasteiger partial charge on any atom is -0.423 e. The number of para-hydroxylation sites is 2. The van der Waals surface area contributed by atoms with Crippen LogP contribution in [0.4, 0.5) is 0 Å². The summed E-state index contributed by atoms with van der Waals surface area (Å²) in [5.41, 5.74) is 0.238. The Morgan fingerprint density at radius 2 is 1.28 bits per heavy atom. The van der Waals surface area contributed by atoms with Crippen molar-refractivity contribution in [1.82, 2.24) is 0 Å². The Bertz CT molecular complexity index is 1190. The minimum atomic E-state index is -4.12. The standard InChI is InChI=1S/C22H16O6P/c1-16-14-22(23)25-21-15-19(12-13-20(16)21)28-29(24,26-17-8-4-2-5-9-17)27-18-10-6-3-7-11-18/h2-15H,1H2. The van der Waals surface area contributed by atoms with Gasteiger partial charge in [-0.2, -0.15) is 4.57 Å². The van der Waals surface area contributed by atoms with E-state index in [0.29, 0.717) is 22.4 Å². The lowest BCUT2D eigenvalue weighted by molar-refractivity contribution is 0.298. The van der Waals surface area contributed by atoms with E-state index in [-0.39, 0.29) is 11.3 Å². The van der Waals surface area contributed by atoms with E-state index in [4.69, 9.17) is 18.0 Å². The van der Waals surface area contributed by atoms with Gasteiger partial charge in [-0.05, 0) is 48.9 Å². The molecule has 1 aromatic heterocycles. The zero-order valence-electron chi connectivity index (χ0n) is 15.2. The van der Waals surface area contributed by atoms with Crippen LogP contribution in [0.15, 0.2) is 94.1 Å². The summed E-state index contributed by atoms with van der Waals surface area (Å²) < 4.78 is 35.4. The Kier molecular flexibility index (Phi) is 5.10. The molecule has 7 heteroatoms. The Morgan fingerprint density at radius 1 is 0.724 bits per heavy atom. The molecule has 0 aliphatic carbocycles. The topological polar surface area (TPSA) is 75.0 Å². The average molecular weight is 407 g/mol. The van der Waals surface area contributed by atoms with Crippen LogP contribution in [0.25, 0.3) is 11.0 Å². The molecule has 1 heterocycles. The maximum atomic E-state index is 13.4. The van der Waals surface area contributed by atoms with Crippen molar-refractivity contribution < 1.29 is 22.6 Å². The summed E-state index contributed by atoms with van der Waals surface area (Å²) in [6, 6.07) is 23.1. The van der Waals surface area contributed by atoms with Gasteiger partial charge in [-0.3, -0.25) is 0 Å². The molecule has 0 atom stereocenters. The van der Waals surface area contributed by atoms with E-state index < -0.39 is 13.4 Å². The molecular formula is C22H16O6P. The van der Waals surface area contributed by atoms with Crippen LogP contribution in [0.1, 0.15) is 5.56 Å². The van der Waals surface area contributed by atoms with Crippen molar-refractivity contribution in [1.29, 1.82) is 0 Å². The van der Waals surface area contributed by atoms with E-state index in [2.05, 4.69) is 6.92 Å². The third-order valence-corrected chi connectivity index (χ3v) is 5.24. The highest BCUT2D eigenvalue weighted by atomic mass is 31.2. The molecule has 0 N–H and O–H groups in total. The van der Waals surface area contributed by atoms with Crippen LogP contribution in [0.5, 0.6) is 17.2 Å². The summed E-state index contributed by atoms with van der Waals surface area (Å²) in [5.74, 6) is 0.791. The molecule has 0 fully saturated rings. The van der Waals surface area contributed by atoms with Gasteiger partial charge in [0.05, 0.1) is 0 Å². The maximum absolute atomic E-state index is 13.4. The van der Waals surface area contributed by atoms with E-state index in [1.54, 1.807) is 72.8 Å². The number of hydrogen-bond donors (Lipinski definition) is 0. The van der Waals surface area contributed by atoms with E-state index in [1.165, 1.54) is 12.1 Å². The zero-order valence-corrected chi connectivity index (χ0v) is 16.1. The van der Waals surface area contributed by atoms with Crippen molar-refractivity contribution in [3.63, 3.8) is 0 Å². The molecule has 1 radical (unpaired) electrons. The second-order valence-corrected chi connectivity index (χ2v) is 7.54. The first kappa shape index (κ1) is 18.8. The van der Waals surface area contributed by atoms with Crippen molar-refractivity contribution in [2.75, 3.05) is 0 Å². The molecule has 0 saturated heterocycles. The molecule has 0 unspecified atom stereocenters. The van der Waals surface area contributed by atoms with Gasteiger partial charge in [0, 0.05) is 17.5 Å². The van der Waals surface area contributed by atoms with Crippen LogP contribution in [0.3, 0.4) is 0 Å². The highest BCUT2D eigenvalue weighted by Crippen LogP contribution is 2.50. The van der Waals surface area contributed by atoms with Crippen LogP contribution in [0, 0.1) is 6.92 Å². The number of phosphoric ester groups is 1. The van der Waals surface area contributed by atoms with Gasteiger partial charge < -0.3 is 18.0 Å². The Balaban J connectivity index is 1.70. The van der Waals surface area contributed by atoms with Crippen molar-refractivity contribution in [3.05, 3.63) is 108 Å². The number of phosphoric acid groups is 1.